The standard InChI is InChI=1S/C15H21N5/c1-12(9-14-3-2-8-17-14)19-13-4-6-15(7-5-13)20-11-16-10-18-20/h4-7,10-12,14,17,19H,2-3,8-9H2,1H3. The lowest BCUT2D eigenvalue weighted by Crippen LogP contribution is -2.29. The largest absolute Gasteiger partial charge is 0.383 e. The maximum absolute atomic E-state index is 4.12. The lowest BCUT2D eigenvalue weighted by Gasteiger charge is -2.19. The van der Waals surface area contributed by atoms with Crippen LogP contribution in [0.3, 0.4) is 0 Å². The Kier molecular flexibility index (Phi) is 3.97. The van der Waals surface area contributed by atoms with E-state index >= 15 is 0 Å². The van der Waals surface area contributed by atoms with E-state index in [1.54, 1.807) is 17.3 Å². The van der Waals surface area contributed by atoms with Crippen LogP contribution in [0.2, 0.25) is 0 Å². The van der Waals surface area contributed by atoms with E-state index in [2.05, 4.69) is 51.9 Å². The van der Waals surface area contributed by atoms with E-state index in [9.17, 15) is 0 Å². The van der Waals surface area contributed by atoms with E-state index in [0.717, 1.165) is 11.4 Å². The minimum Gasteiger partial charge on any atom is -0.383 e. The summed E-state index contributed by atoms with van der Waals surface area (Å²) < 4.78 is 1.76. The van der Waals surface area contributed by atoms with E-state index < -0.39 is 0 Å². The molecule has 2 unspecified atom stereocenters. The number of hydrogen-bond acceptors (Lipinski definition) is 4. The van der Waals surface area contributed by atoms with Crippen molar-refractivity contribution >= 4 is 5.69 Å². The van der Waals surface area contributed by atoms with Crippen LogP contribution in [0.25, 0.3) is 5.69 Å². The van der Waals surface area contributed by atoms with Gasteiger partial charge in [-0.3, -0.25) is 0 Å². The first kappa shape index (κ1) is 13.1. The molecule has 2 N–H and O–H groups in total. The highest BCUT2D eigenvalue weighted by molar-refractivity contribution is 5.48. The van der Waals surface area contributed by atoms with Crippen LogP contribution in [0.4, 0.5) is 5.69 Å². The maximum Gasteiger partial charge on any atom is 0.138 e. The molecule has 2 aromatic rings. The van der Waals surface area contributed by atoms with Crippen molar-refractivity contribution in [3.8, 4) is 5.69 Å². The van der Waals surface area contributed by atoms with Gasteiger partial charge < -0.3 is 10.6 Å². The second-order valence-electron chi connectivity index (χ2n) is 5.46. The second-order valence-corrected chi connectivity index (χ2v) is 5.46. The van der Waals surface area contributed by atoms with Gasteiger partial charge in [-0.2, -0.15) is 5.10 Å². The molecule has 0 amide bonds. The Hall–Kier alpha value is -1.88. The average Bonchev–Trinajstić information content (AvgIpc) is 3.12. The van der Waals surface area contributed by atoms with Crippen LogP contribution < -0.4 is 10.6 Å². The first-order chi connectivity index (χ1) is 9.81. The van der Waals surface area contributed by atoms with Crippen molar-refractivity contribution in [3.63, 3.8) is 0 Å². The number of benzene rings is 1. The molecule has 1 fully saturated rings. The van der Waals surface area contributed by atoms with Crippen molar-refractivity contribution in [2.45, 2.75) is 38.3 Å². The van der Waals surface area contributed by atoms with E-state index in [0.29, 0.717) is 12.1 Å². The average molecular weight is 271 g/mol. The predicted molar refractivity (Wildman–Crippen MR) is 80.1 cm³/mol. The molecule has 0 bridgehead atoms. The van der Waals surface area contributed by atoms with Gasteiger partial charge in [0.05, 0.1) is 5.69 Å². The molecular formula is C15H21N5. The SMILES string of the molecule is CC(CC1CCCN1)Nc1ccc(-n2cncn2)cc1. The zero-order chi connectivity index (χ0) is 13.8. The summed E-state index contributed by atoms with van der Waals surface area (Å²) in [5.74, 6) is 0. The first-order valence-electron chi connectivity index (χ1n) is 7.26. The van der Waals surface area contributed by atoms with E-state index in [4.69, 9.17) is 0 Å². The molecule has 106 valence electrons. The highest BCUT2D eigenvalue weighted by atomic mass is 15.3. The van der Waals surface area contributed by atoms with Gasteiger partial charge in [-0.25, -0.2) is 9.67 Å². The molecule has 5 heteroatoms. The summed E-state index contributed by atoms with van der Waals surface area (Å²) in [7, 11) is 0. The number of aromatic nitrogens is 3. The maximum atomic E-state index is 4.12. The quantitative estimate of drug-likeness (QED) is 0.875. The molecule has 0 aliphatic carbocycles. The van der Waals surface area contributed by atoms with Gasteiger partial charge in [0.25, 0.3) is 0 Å². The monoisotopic (exact) mass is 271 g/mol. The fraction of sp³-hybridized carbons (Fsp3) is 0.467. The number of nitrogens with one attached hydrogen (secondary N) is 2. The fourth-order valence-electron chi connectivity index (χ4n) is 2.78. The third-order valence-corrected chi connectivity index (χ3v) is 3.76. The Morgan fingerprint density at radius 3 is 2.90 bits per heavy atom. The second kappa shape index (κ2) is 6.05. The number of anilines is 1. The van der Waals surface area contributed by atoms with Gasteiger partial charge in [0.1, 0.15) is 12.7 Å². The van der Waals surface area contributed by atoms with Crippen molar-refractivity contribution < 1.29 is 0 Å². The van der Waals surface area contributed by atoms with Crippen molar-refractivity contribution in [1.82, 2.24) is 20.1 Å². The normalized spacial score (nSPS) is 19.9. The molecule has 1 aromatic carbocycles. The number of rotatable bonds is 5. The summed E-state index contributed by atoms with van der Waals surface area (Å²) in [5.41, 5.74) is 2.18. The minimum atomic E-state index is 0.475. The van der Waals surface area contributed by atoms with Gasteiger partial charge >= 0.3 is 0 Å². The highest BCUT2D eigenvalue weighted by Crippen LogP contribution is 2.16. The number of hydrogen-bond donors (Lipinski definition) is 2. The summed E-state index contributed by atoms with van der Waals surface area (Å²) in [6, 6.07) is 9.44. The summed E-state index contributed by atoms with van der Waals surface area (Å²) in [6.45, 7) is 3.41. The molecule has 5 nitrogen and oxygen atoms in total. The van der Waals surface area contributed by atoms with E-state index in [1.807, 2.05) is 0 Å². The Balaban J connectivity index is 1.57. The van der Waals surface area contributed by atoms with Gasteiger partial charge in [0.2, 0.25) is 0 Å². The van der Waals surface area contributed by atoms with Crippen molar-refractivity contribution in [3.05, 3.63) is 36.9 Å². The van der Waals surface area contributed by atoms with Crippen LogP contribution in [0.1, 0.15) is 26.2 Å². The summed E-state index contributed by atoms with van der Waals surface area (Å²) >= 11 is 0. The lowest BCUT2D eigenvalue weighted by molar-refractivity contribution is 0.523. The van der Waals surface area contributed by atoms with Crippen LogP contribution in [0.5, 0.6) is 0 Å². The smallest absolute Gasteiger partial charge is 0.138 e. The molecule has 2 heterocycles. The molecule has 1 saturated heterocycles. The molecule has 2 atom stereocenters. The Morgan fingerprint density at radius 2 is 2.25 bits per heavy atom. The molecule has 3 rings (SSSR count). The van der Waals surface area contributed by atoms with Crippen molar-refractivity contribution in [2.24, 2.45) is 0 Å². The van der Waals surface area contributed by atoms with Crippen LogP contribution in [-0.4, -0.2) is 33.4 Å². The van der Waals surface area contributed by atoms with Gasteiger partial charge in [-0.15, -0.1) is 0 Å². The Labute approximate surface area is 119 Å². The van der Waals surface area contributed by atoms with Gasteiger partial charge in [0.15, 0.2) is 0 Å². The molecule has 1 aromatic heterocycles. The Morgan fingerprint density at radius 1 is 1.40 bits per heavy atom. The van der Waals surface area contributed by atoms with Crippen molar-refractivity contribution in [2.75, 3.05) is 11.9 Å². The van der Waals surface area contributed by atoms with Crippen LogP contribution in [0, 0.1) is 0 Å². The summed E-state index contributed by atoms with van der Waals surface area (Å²) in [4.78, 5) is 3.96. The fourth-order valence-corrected chi connectivity index (χ4v) is 2.78. The molecule has 0 radical (unpaired) electrons. The third-order valence-electron chi connectivity index (χ3n) is 3.76. The van der Waals surface area contributed by atoms with Crippen LogP contribution in [0.15, 0.2) is 36.9 Å². The number of nitrogens with zero attached hydrogens (tertiary/aromatic N) is 3. The Bertz CT molecular complexity index is 514. The predicted octanol–water partition coefficient (Wildman–Crippen LogP) is 2.21. The summed E-state index contributed by atoms with van der Waals surface area (Å²) in [5, 5.41) is 11.2. The first-order valence-corrected chi connectivity index (χ1v) is 7.26. The molecule has 0 spiro atoms. The zero-order valence-corrected chi connectivity index (χ0v) is 11.8. The zero-order valence-electron chi connectivity index (χ0n) is 11.8. The molecular weight excluding hydrogens is 250 g/mol. The summed E-state index contributed by atoms with van der Waals surface area (Å²) in [6.07, 6.45) is 7.03. The van der Waals surface area contributed by atoms with E-state index in [1.165, 1.54) is 25.8 Å². The lowest BCUT2D eigenvalue weighted by atomic mass is 10.1. The van der Waals surface area contributed by atoms with Gasteiger partial charge in [0, 0.05) is 17.8 Å². The topological polar surface area (TPSA) is 54.8 Å². The third kappa shape index (κ3) is 3.17. The van der Waals surface area contributed by atoms with Crippen LogP contribution >= 0.6 is 0 Å². The highest BCUT2D eigenvalue weighted by Gasteiger charge is 2.16. The van der Waals surface area contributed by atoms with Gasteiger partial charge in [-0.05, 0) is 57.0 Å². The molecule has 1 aliphatic heterocycles. The molecule has 1 aliphatic rings. The van der Waals surface area contributed by atoms with Crippen LogP contribution in [-0.2, 0) is 0 Å². The van der Waals surface area contributed by atoms with Crippen molar-refractivity contribution in [1.29, 1.82) is 0 Å². The molecule has 0 saturated carbocycles. The van der Waals surface area contributed by atoms with Gasteiger partial charge in [-0.1, -0.05) is 0 Å². The minimum absolute atomic E-state index is 0.475. The van der Waals surface area contributed by atoms with E-state index in [-0.39, 0.29) is 0 Å². The molecule has 20 heavy (non-hydrogen) atoms.